The fraction of sp³-hybridized carbons (Fsp3) is 0.875. The van der Waals surface area contributed by atoms with Gasteiger partial charge in [-0.25, -0.2) is 4.79 Å². The minimum atomic E-state index is -0.331. The monoisotopic (exact) mass is 172 g/mol. The Morgan fingerprint density at radius 2 is 2.33 bits per heavy atom. The molecular weight excluding hydrogens is 156 g/mol. The lowest BCUT2D eigenvalue weighted by atomic mass is 10.3. The molecule has 1 atom stereocenters. The van der Waals surface area contributed by atoms with Gasteiger partial charge in [-0.2, -0.15) is 0 Å². The quantitative estimate of drug-likeness (QED) is 0.592. The highest BCUT2D eigenvalue weighted by Gasteiger charge is 2.24. The molecule has 4 heteroatoms. The van der Waals surface area contributed by atoms with Crippen LogP contribution in [0.1, 0.15) is 20.3 Å². The Kier molecular flexibility index (Phi) is 2.92. The van der Waals surface area contributed by atoms with Crippen LogP contribution in [-0.2, 0) is 0 Å². The molecule has 70 valence electrons. The number of amides is 2. The van der Waals surface area contributed by atoms with E-state index in [4.69, 9.17) is 5.11 Å². The fourth-order valence-corrected chi connectivity index (χ4v) is 1.26. The number of nitrogens with one attached hydrogen (secondary N) is 1. The van der Waals surface area contributed by atoms with E-state index in [1.807, 2.05) is 13.8 Å². The Balaban J connectivity index is 2.33. The lowest BCUT2D eigenvalue weighted by Gasteiger charge is -2.18. The third kappa shape index (κ3) is 2.37. The van der Waals surface area contributed by atoms with Gasteiger partial charge >= 0.3 is 6.03 Å². The highest BCUT2D eigenvalue weighted by Crippen LogP contribution is 2.08. The first kappa shape index (κ1) is 9.32. The second-order valence-electron chi connectivity index (χ2n) is 3.49. The van der Waals surface area contributed by atoms with Crippen LogP contribution in [0.2, 0.25) is 0 Å². The average Bonchev–Trinajstić information content (AvgIpc) is 2.34. The van der Waals surface area contributed by atoms with Crippen molar-refractivity contribution >= 4 is 6.03 Å². The zero-order valence-electron chi connectivity index (χ0n) is 7.58. The van der Waals surface area contributed by atoms with Gasteiger partial charge in [0.1, 0.15) is 0 Å². The van der Waals surface area contributed by atoms with E-state index in [1.54, 1.807) is 4.90 Å². The number of β-amino-alcohol motifs (C(OH)–C–C–N with tert-alkyl or cyclic N) is 1. The second-order valence-corrected chi connectivity index (χ2v) is 3.49. The number of likely N-dealkylation sites (tertiary alicyclic amines) is 1. The van der Waals surface area contributed by atoms with Gasteiger partial charge < -0.3 is 15.3 Å². The minimum absolute atomic E-state index is 0.0680. The Morgan fingerprint density at radius 3 is 2.75 bits per heavy atom. The average molecular weight is 172 g/mol. The molecule has 12 heavy (non-hydrogen) atoms. The highest BCUT2D eigenvalue weighted by molar-refractivity contribution is 5.74. The van der Waals surface area contributed by atoms with Crippen molar-refractivity contribution in [3.63, 3.8) is 0 Å². The van der Waals surface area contributed by atoms with Crippen LogP contribution in [0.4, 0.5) is 4.79 Å². The summed E-state index contributed by atoms with van der Waals surface area (Å²) in [5, 5.41) is 11.9. The molecule has 2 amide bonds. The third-order valence-electron chi connectivity index (χ3n) is 1.86. The van der Waals surface area contributed by atoms with Crippen LogP contribution in [0, 0.1) is 0 Å². The van der Waals surface area contributed by atoms with Crippen molar-refractivity contribution in [1.82, 2.24) is 10.2 Å². The van der Waals surface area contributed by atoms with Crippen LogP contribution >= 0.6 is 0 Å². The van der Waals surface area contributed by atoms with Gasteiger partial charge in [0.25, 0.3) is 0 Å². The zero-order chi connectivity index (χ0) is 9.14. The zero-order valence-corrected chi connectivity index (χ0v) is 7.58. The van der Waals surface area contributed by atoms with E-state index in [1.165, 1.54) is 0 Å². The predicted molar refractivity (Wildman–Crippen MR) is 45.9 cm³/mol. The van der Waals surface area contributed by atoms with Crippen molar-refractivity contribution in [2.45, 2.75) is 32.4 Å². The van der Waals surface area contributed by atoms with Gasteiger partial charge in [0.05, 0.1) is 6.10 Å². The number of carbonyl (C=O) groups excluding carboxylic acids is 1. The summed E-state index contributed by atoms with van der Waals surface area (Å²) in [6, 6.07) is 0.0943. The summed E-state index contributed by atoms with van der Waals surface area (Å²) in [5.41, 5.74) is 0. The van der Waals surface area contributed by atoms with Crippen molar-refractivity contribution in [3.8, 4) is 0 Å². The van der Waals surface area contributed by atoms with E-state index in [2.05, 4.69) is 5.32 Å². The first-order valence-electron chi connectivity index (χ1n) is 4.33. The molecule has 1 saturated heterocycles. The fourth-order valence-electron chi connectivity index (χ4n) is 1.26. The number of rotatable bonds is 1. The topological polar surface area (TPSA) is 52.6 Å². The molecule has 0 bridgehead atoms. The molecule has 1 heterocycles. The molecule has 1 aliphatic rings. The van der Waals surface area contributed by atoms with Gasteiger partial charge in [-0.3, -0.25) is 0 Å². The summed E-state index contributed by atoms with van der Waals surface area (Å²) < 4.78 is 0. The summed E-state index contributed by atoms with van der Waals surface area (Å²) in [6.45, 7) is 4.98. The lowest BCUT2D eigenvalue weighted by molar-refractivity contribution is 0.171. The number of aliphatic hydroxyl groups excluding tert-OH is 1. The van der Waals surface area contributed by atoms with Gasteiger partial charge in [-0.1, -0.05) is 0 Å². The van der Waals surface area contributed by atoms with Crippen molar-refractivity contribution in [3.05, 3.63) is 0 Å². The van der Waals surface area contributed by atoms with Crippen LogP contribution in [0.15, 0.2) is 0 Å². The lowest BCUT2D eigenvalue weighted by Crippen LogP contribution is -2.42. The first-order valence-corrected chi connectivity index (χ1v) is 4.33. The number of urea groups is 1. The molecule has 1 fully saturated rings. The number of hydrogen-bond acceptors (Lipinski definition) is 2. The Morgan fingerprint density at radius 1 is 1.67 bits per heavy atom. The Bertz CT molecular complexity index is 170. The Hall–Kier alpha value is -0.770. The molecule has 0 spiro atoms. The number of carbonyl (C=O) groups is 1. The van der Waals surface area contributed by atoms with Gasteiger partial charge in [0.2, 0.25) is 0 Å². The highest BCUT2D eigenvalue weighted by atomic mass is 16.3. The first-order chi connectivity index (χ1) is 5.59. The number of nitrogens with zero attached hydrogens (tertiary/aromatic N) is 1. The Labute approximate surface area is 72.6 Å². The molecule has 0 aromatic heterocycles. The van der Waals surface area contributed by atoms with Crippen molar-refractivity contribution in [1.29, 1.82) is 0 Å². The summed E-state index contributed by atoms with van der Waals surface area (Å²) in [5.74, 6) is 0. The van der Waals surface area contributed by atoms with Crippen LogP contribution in [0.25, 0.3) is 0 Å². The summed E-state index contributed by atoms with van der Waals surface area (Å²) in [4.78, 5) is 12.9. The third-order valence-corrected chi connectivity index (χ3v) is 1.86. The normalized spacial score (nSPS) is 23.3. The van der Waals surface area contributed by atoms with E-state index in [0.29, 0.717) is 19.5 Å². The van der Waals surface area contributed by atoms with E-state index in [9.17, 15) is 4.79 Å². The van der Waals surface area contributed by atoms with Crippen LogP contribution in [-0.4, -0.2) is 41.3 Å². The molecule has 1 rings (SSSR count). The number of aliphatic hydroxyl groups is 1. The molecule has 0 aromatic rings. The molecule has 0 aromatic carbocycles. The summed E-state index contributed by atoms with van der Waals surface area (Å²) in [6.07, 6.45) is 0.369. The smallest absolute Gasteiger partial charge is 0.317 e. The molecule has 1 unspecified atom stereocenters. The molecule has 0 saturated carbocycles. The van der Waals surface area contributed by atoms with Crippen molar-refractivity contribution in [2.75, 3.05) is 13.1 Å². The predicted octanol–water partition coefficient (Wildman–Crippen LogP) is 0.171. The maximum Gasteiger partial charge on any atom is 0.317 e. The van der Waals surface area contributed by atoms with Crippen LogP contribution < -0.4 is 5.32 Å². The van der Waals surface area contributed by atoms with Crippen LogP contribution in [0.5, 0.6) is 0 Å². The van der Waals surface area contributed by atoms with Gasteiger partial charge in [-0.15, -0.1) is 0 Å². The SMILES string of the molecule is CC(C)NC(=O)N1CCC(O)C1. The maximum atomic E-state index is 11.3. The van der Waals surface area contributed by atoms with Gasteiger partial charge in [0.15, 0.2) is 0 Å². The molecule has 1 aliphatic heterocycles. The number of hydrogen-bond donors (Lipinski definition) is 2. The van der Waals surface area contributed by atoms with Crippen molar-refractivity contribution < 1.29 is 9.90 Å². The van der Waals surface area contributed by atoms with E-state index in [0.717, 1.165) is 0 Å². The molecule has 4 nitrogen and oxygen atoms in total. The van der Waals surface area contributed by atoms with E-state index < -0.39 is 0 Å². The van der Waals surface area contributed by atoms with E-state index >= 15 is 0 Å². The second kappa shape index (κ2) is 3.76. The van der Waals surface area contributed by atoms with Gasteiger partial charge in [0, 0.05) is 19.1 Å². The molecular formula is C8H16N2O2. The largest absolute Gasteiger partial charge is 0.391 e. The molecule has 0 aliphatic carbocycles. The van der Waals surface area contributed by atoms with Crippen LogP contribution in [0.3, 0.4) is 0 Å². The summed E-state index contributed by atoms with van der Waals surface area (Å²) >= 11 is 0. The molecule has 0 radical (unpaired) electrons. The molecule has 2 N–H and O–H groups in total. The minimum Gasteiger partial charge on any atom is -0.391 e. The maximum absolute atomic E-state index is 11.3. The van der Waals surface area contributed by atoms with E-state index in [-0.39, 0.29) is 18.2 Å². The van der Waals surface area contributed by atoms with Crippen molar-refractivity contribution in [2.24, 2.45) is 0 Å². The summed E-state index contributed by atoms with van der Waals surface area (Å²) in [7, 11) is 0. The standard InChI is InChI=1S/C8H16N2O2/c1-6(2)9-8(12)10-4-3-7(11)5-10/h6-7,11H,3-5H2,1-2H3,(H,9,12). The van der Waals surface area contributed by atoms with Gasteiger partial charge in [-0.05, 0) is 20.3 Å².